The van der Waals surface area contributed by atoms with Crippen molar-refractivity contribution in [2.75, 3.05) is 0 Å². The summed E-state index contributed by atoms with van der Waals surface area (Å²) in [5.74, 6) is 1.74. The summed E-state index contributed by atoms with van der Waals surface area (Å²) in [5, 5.41) is 22.2. The Kier molecular flexibility index (Phi) is 2.71. The highest BCUT2D eigenvalue weighted by molar-refractivity contribution is 5.40. The van der Waals surface area contributed by atoms with Gasteiger partial charge in [-0.25, -0.2) is 0 Å². The topological polar surface area (TPSA) is 52.5 Å². The van der Waals surface area contributed by atoms with Crippen LogP contribution in [0.5, 0.6) is 11.5 Å². The fraction of sp³-hybridized carbons (Fsp3) is 0.571. The fourth-order valence-corrected chi connectivity index (χ4v) is 3.42. The third-order valence-corrected chi connectivity index (χ3v) is 4.35. The van der Waals surface area contributed by atoms with E-state index in [4.69, 9.17) is 0 Å². The van der Waals surface area contributed by atoms with Gasteiger partial charge in [-0.1, -0.05) is 12.5 Å². The van der Waals surface area contributed by atoms with Gasteiger partial charge in [-0.15, -0.1) is 0 Å². The highest BCUT2D eigenvalue weighted by Crippen LogP contribution is 2.44. The molecule has 17 heavy (non-hydrogen) atoms. The van der Waals surface area contributed by atoms with Crippen molar-refractivity contribution in [2.24, 2.45) is 11.8 Å². The second-order valence-electron chi connectivity index (χ2n) is 5.49. The van der Waals surface area contributed by atoms with Gasteiger partial charge in [0.1, 0.15) is 0 Å². The molecule has 0 spiro atoms. The summed E-state index contributed by atoms with van der Waals surface area (Å²) >= 11 is 0. The molecule has 2 fully saturated rings. The van der Waals surface area contributed by atoms with Crippen molar-refractivity contribution in [1.29, 1.82) is 0 Å². The van der Waals surface area contributed by atoms with Crippen LogP contribution in [0.15, 0.2) is 18.2 Å². The molecule has 0 saturated heterocycles. The van der Waals surface area contributed by atoms with E-state index in [9.17, 15) is 10.2 Å². The quantitative estimate of drug-likeness (QED) is 0.703. The Labute approximate surface area is 101 Å². The molecular weight excluding hydrogens is 214 g/mol. The van der Waals surface area contributed by atoms with E-state index in [1.165, 1.54) is 25.7 Å². The second-order valence-corrected chi connectivity index (χ2v) is 5.49. The normalized spacial score (nSPS) is 30.9. The third kappa shape index (κ3) is 2.12. The lowest BCUT2D eigenvalue weighted by molar-refractivity contribution is 0.350. The maximum absolute atomic E-state index is 9.42. The first-order valence-electron chi connectivity index (χ1n) is 6.46. The van der Waals surface area contributed by atoms with Crippen molar-refractivity contribution in [3.05, 3.63) is 23.8 Å². The number of aromatic hydroxyl groups is 2. The number of phenols is 2. The van der Waals surface area contributed by atoms with Crippen LogP contribution in [0.1, 0.15) is 31.2 Å². The molecule has 3 rings (SSSR count). The molecule has 0 aliphatic heterocycles. The minimum Gasteiger partial charge on any atom is -0.504 e. The van der Waals surface area contributed by atoms with Gasteiger partial charge in [0.25, 0.3) is 0 Å². The van der Waals surface area contributed by atoms with Crippen LogP contribution < -0.4 is 5.32 Å². The number of hydrogen-bond donors (Lipinski definition) is 3. The van der Waals surface area contributed by atoms with E-state index >= 15 is 0 Å². The minimum absolute atomic E-state index is 0.0303. The highest BCUT2D eigenvalue weighted by Gasteiger charge is 2.38. The summed E-state index contributed by atoms with van der Waals surface area (Å²) in [4.78, 5) is 0. The molecule has 0 heterocycles. The van der Waals surface area contributed by atoms with Gasteiger partial charge in [-0.2, -0.15) is 0 Å². The van der Waals surface area contributed by atoms with Crippen LogP contribution in [0.3, 0.4) is 0 Å². The number of phenolic OH excluding ortho intramolecular Hbond substituents is 2. The lowest BCUT2D eigenvalue weighted by Gasteiger charge is -2.23. The summed E-state index contributed by atoms with van der Waals surface area (Å²) in [6, 6.07) is 5.70. The number of nitrogens with one attached hydrogen (secondary N) is 1. The summed E-state index contributed by atoms with van der Waals surface area (Å²) < 4.78 is 0. The number of fused-ring (bicyclic) bond motifs is 2. The van der Waals surface area contributed by atoms with Gasteiger partial charge in [0, 0.05) is 12.6 Å². The standard InChI is InChI=1S/C14H19NO2/c16-13-4-2-10(7-14(13)17)8-15-12-6-9-1-3-11(12)5-9/h2,4,7,9,11-12,15-17H,1,3,5-6,8H2. The van der Waals surface area contributed by atoms with Crippen LogP contribution in [-0.4, -0.2) is 16.3 Å². The molecule has 2 bridgehead atoms. The van der Waals surface area contributed by atoms with Crippen LogP contribution in [0.4, 0.5) is 0 Å². The molecule has 92 valence electrons. The van der Waals surface area contributed by atoms with Gasteiger partial charge in [-0.05, 0) is 48.8 Å². The molecule has 0 amide bonds. The summed E-state index contributed by atoms with van der Waals surface area (Å²) in [5.41, 5.74) is 1.03. The smallest absolute Gasteiger partial charge is 0.157 e. The SMILES string of the molecule is Oc1ccc(CNC2CC3CCC2C3)cc1O. The Morgan fingerprint density at radius 3 is 2.65 bits per heavy atom. The Balaban J connectivity index is 1.59. The van der Waals surface area contributed by atoms with Gasteiger partial charge in [-0.3, -0.25) is 0 Å². The van der Waals surface area contributed by atoms with Gasteiger partial charge in [0.2, 0.25) is 0 Å². The lowest BCUT2D eigenvalue weighted by Crippen LogP contribution is -2.33. The molecule has 3 unspecified atom stereocenters. The van der Waals surface area contributed by atoms with Crippen molar-refractivity contribution >= 4 is 0 Å². The van der Waals surface area contributed by atoms with E-state index in [-0.39, 0.29) is 11.5 Å². The van der Waals surface area contributed by atoms with Crippen molar-refractivity contribution < 1.29 is 10.2 Å². The molecule has 2 aliphatic carbocycles. The third-order valence-electron chi connectivity index (χ3n) is 4.35. The van der Waals surface area contributed by atoms with Crippen molar-refractivity contribution in [3.63, 3.8) is 0 Å². The summed E-state index contributed by atoms with van der Waals surface area (Å²) in [6.07, 6.45) is 5.51. The molecule has 3 heteroatoms. The van der Waals surface area contributed by atoms with E-state index < -0.39 is 0 Å². The molecule has 1 aromatic rings. The minimum atomic E-state index is -0.0475. The molecule has 1 aromatic carbocycles. The van der Waals surface area contributed by atoms with Crippen molar-refractivity contribution in [2.45, 2.75) is 38.3 Å². The Morgan fingerprint density at radius 2 is 2.00 bits per heavy atom. The van der Waals surface area contributed by atoms with Gasteiger partial charge < -0.3 is 15.5 Å². The Morgan fingerprint density at radius 1 is 1.12 bits per heavy atom. The summed E-state index contributed by atoms with van der Waals surface area (Å²) in [6.45, 7) is 0.779. The lowest BCUT2D eigenvalue weighted by atomic mass is 9.95. The molecule has 3 nitrogen and oxygen atoms in total. The molecule has 3 N–H and O–H groups in total. The number of rotatable bonds is 3. The van der Waals surface area contributed by atoms with Crippen LogP contribution in [0, 0.1) is 11.8 Å². The van der Waals surface area contributed by atoms with E-state index in [1.807, 2.05) is 6.07 Å². The number of benzene rings is 1. The van der Waals surface area contributed by atoms with Gasteiger partial charge in [0.05, 0.1) is 0 Å². The van der Waals surface area contributed by atoms with Crippen molar-refractivity contribution in [1.82, 2.24) is 5.32 Å². The monoisotopic (exact) mass is 233 g/mol. The molecule has 0 radical (unpaired) electrons. The average Bonchev–Trinajstić information content (AvgIpc) is 2.92. The summed E-state index contributed by atoms with van der Waals surface area (Å²) in [7, 11) is 0. The van der Waals surface area contributed by atoms with Crippen LogP contribution in [-0.2, 0) is 6.54 Å². The predicted octanol–water partition coefficient (Wildman–Crippen LogP) is 2.38. The molecule has 2 aliphatic rings. The van der Waals surface area contributed by atoms with Gasteiger partial charge in [0.15, 0.2) is 11.5 Å². The van der Waals surface area contributed by atoms with Crippen LogP contribution in [0.2, 0.25) is 0 Å². The first-order chi connectivity index (χ1) is 8.22. The first-order valence-corrected chi connectivity index (χ1v) is 6.46. The maximum atomic E-state index is 9.42. The average molecular weight is 233 g/mol. The largest absolute Gasteiger partial charge is 0.504 e. The fourth-order valence-electron chi connectivity index (χ4n) is 3.42. The van der Waals surface area contributed by atoms with E-state index in [0.717, 1.165) is 23.9 Å². The highest BCUT2D eigenvalue weighted by atomic mass is 16.3. The first kappa shape index (κ1) is 10.9. The second kappa shape index (κ2) is 4.22. The maximum Gasteiger partial charge on any atom is 0.157 e. The molecule has 2 saturated carbocycles. The zero-order valence-corrected chi connectivity index (χ0v) is 9.89. The van der Waals surface area contributed by atoms with Crippen LogP contribution in [0.25, 0.3) is 0 Å². The zero-order chi connectivity index (χ0) is 11.8. The molecule has 0 aromatic heterocycles. The molecular formula is C14H19NO2. The number of hydrogen-bond acceptors (Lipinski definition) is 3. The Hall–Kier alpha value is -1.22. The van der Waals surface area contributed by atoms with E-state index in [0.29, 0.717) is 6.04 Å². The van der Waals surface area contributed by atoms with Crippen LogP contribution >= 0.6 is 0 Å². The van der Waals surface area contributed by atoms with Gasteiger partial charge >= 0.3 is 0 Å². The zero-order valence-electron chi connectivity index (χ0n) is 9.89. The van der Waals surface area contributed by atoms with Crippen molar-refractivity contribution in [3.8, 4) is 11.5 Å². The Bertz CT molecular complexity index is 419. The molecule has 3 atom stereocenters. The predicted molar refractivity (Wildman–Crippen MR) is 65.8 cm³/mol. The van der Waals surface area contributed by atoms with E-state index in [1.54, 1.807) is 12.1 Å². The van der Waals surface area contributed by atoms with E-state index in [2.05, 4.69) is 5.32 Å².